The highest BCUT2D eigenvalue weighted by Crippen LogP contribution is 2.41. The standard InChI is InChI=1S/C25H26N4O4S/c1-15-14-18(16(2)29(15)20-10-5-4-8-17(20)24(31)32)23-22(19-9-6-7-12-26-19)27-25(34)28(23)13-11-21(30)33-3/h4-10,12,14,22-23H,11,13H2,1-3H3,(H,27,34)(H,31,32)/t22-,23+/m1/s1. The SMILES string of the molecule is COC(=O)CCN1C(=S)N[C@H](c2ccccn2)[C@@H]1c1cc(C)n(-c2ccccc2C(=O)O)c1C. The molecule has 176 valence electrons. The maximum absolute atomic E-state index is 11.9. The Morgan fingerprint density at radius 2 is 1.91 bits per heavy atom. The number of benzene rings is 1. The highest BCUT2D eigenvalue weighted by atomic mass is 32.1. The van der Waals surface area contributed by atoms with Gasteiger partial charge in [-0.3, -0.25) is 9.78 Å². The molecule has 3 heterocycles. The smallest absolute Gasteiger partial charge is 0.337 e. The zero-order valence-corrected chi connectivity index (χ0v) is 20.0. The van der Waals surface area contributed by atoms with Crippen molar-refractivity contribution in [2.24, 2.45) is 0 Å². The summed E-state index contributed by atoms with van der Waals surface area (Å²) in [7, 11) is 1.37. The molecular weight excluding hydrogens is 452 g/mol. The van der Waals surface area contributed by atoms with Crippen molar-refractivity contribution in [3.8, 4) is 5.69 Å². The number of carboxylic acids is 1. The maximum atomic E-state index is 11.9. The lowest BCUT2D eigenvalue weighted by Gasteiger charge is -2.28. The Labute approximate surface area is 203 Å². The number of hydrogen-bond donors (Lipinski definition) is 2. The molecule has 2 aromatic heterocycles. The minimum Gasteiger partial charge on any atom is -0.478 e. The second-order valence-corrected chi connectivity index (χ2v) is 8.52. The molecule has 2 atom stereocenters. The topological polar surface area (TPSA) is 96.7 Å². The number of para-hydroxylation sites is 1. The van der Waals surface area contributed by atoms with Crippen LogP contribution in [0.25, 0.3) is 5.69 Å². The van der Waals surface area contributed by atoms with E-state index in [2.05, 4.69) is 16.4 Å². The molecule has 4 rings (SSSR count). The molecule has 8 nitrogen and oxygen atoms in total. The van der Waals surface area contributed by atoms with Gasteiger partial charge in [0.1, 0.15) is 0 Å². The van der Waals surface area contributed by atoms with Crippen LogP contribution in [-0.4, -0.2) is 50.3 Å². The molecule has 0 aliphatic carbocycles. The number of nitrogens with one attached hydrogen (secondary N) is 1. The number of rotatable bonds is 7. The van der Waals surface area contributed by atoms with Crippen LogP contribution in [0.4, 0.5) is 0 Å². The molecule has 0 amide bonds. The van der Waals surface area contributed by atoms with Gasteiger partial charge in [0.2, 0.25) is 0 Å². The zero-order chi connectivity index (χ0) is 24.4. The predicted octanol–water partition coefficient (Wildman–Crippen LogP) is 3.72. The van der Waals surface area contributed by atoms with Gasteiger partial charge < -0.3 is 24.6 Å². The van der Waals surface area contributed by atoms with Crippen molar-refractivity contribution in [1.82, 2.24) is 19.8 Å². The van der Waals surface area contributed by atoms with E-state index in [0.717, 1.165) is 22.6 Å². The Morgan fingerprint density at radius 3 is 2.59 bits per heavy atom. The Hall–Kier alpha value is -3.72. The fraction of sp³-hybridized carbons (Fsp3) is 0.280. The summed E-state index contributed by atoms with van der Waals surface area (Å²) in [6.45, 7) is 4.29. The minimum atomic E-state index is -0.987. The van der Waals surface area contributed by atoms with Gasteiger partial charge in [-0.05, 0) is 62.0 Å². The van der Waals surface area contributed by atoms with Gasteiger partial charge in [0.15, 0.2) is 5.11 Å². The number of nitrogens with zero attached hydrogens (tertiary/aromatic N) is 3. The lowest BCUT2D eigenvalue weighted by molar-refractivity contribution is -0.140. The zero-order valence-electron chi connectivity index (χ0n) is 19.2. The first kappa shape index (κ1) is 23.4. The lowest BCUT2D eigenvalue weighted by atomic mass is 9.96. The molecule has 34 heavy (non-hydrogen) atoms. The van der Waals surface area contributed by atoms with Crippen molar-refractivity contribution in [1.29, 1.82) is 0 Å². The highest BCUT2D eigenvalue weighted by molar-refractivity contribution is 7.80. The quantitative estimate of drug-likeness (QED) is 0.392. The van der Waals surface area contributed by atoms with Crippen LogP contribution in [0.5, 0.6) is 0 Å². The van der Waals surface area contributed by atoms with Crippen LogP contribution in [0.3, 0.4) is 0 Å². The van der Waals surface area contributed by atoms with E-state index in [9.17, 15) is 14.7 Å². The van der Waals surface area contributed by atoms with E-state index in [0.29, 0.717) is 17.3 Å². The molecule has 0 bridgehead atoms. The third kappa shape index (κ3) is 4.26. The number of aromatic carboxylic acids is 1. The van der Waals surface area contributed by atoms with Crippen molar-refractivity contribution in [2.45, 2.75) is 32.4 Å². The van der Waals surface area contributed by atoms with Crippen molar-refractivity contribution in [3.05, 3.63) is 82.9 Å². The molecule has 0 saturated carbocycles. The first-order valence-corrected chi connectivity index (χ1v) is 11.3. The summed E-state index contributed by atoms with van der Waals surface area (Å²) in [5.41, 5.74) is 4.41. The third-order valence-corrected chi connectivity index (χ3v) is 6.50. The van der Waals surface area contributed by atoms with Gasteiger partial charge in [-0.25, -0.2) is 4.79 Å². The van der Waals surface area contributed by atoms with Gasteiger partial charge in [-0.2, -0.15) is 0 Å². The van der Waals surface area contributed by atoms with Gasteiger partial charge in [-0.15, -0.1) is 0 Å². The fourth-order valence-corrected chi connectivity index (χ4v) is 4.94. The number of pyridine rings is 1. The Balaban J connectivity index is 1.83. The van der Waals surface area contributed by atoms with Gasteiger partial charge in [0.05, 0.1) is 42.6 Å². The van der Waals surface area contributed by atoms with E-state index in [-0.39, 0.29) is 30.0 Å². The van der Waals surface area contributed by atoms with Crippen LogP contribution < -0.4 is 5.32 Å². The number of carbonyl (C=O) groups is 2. The Morgan fingerprint density at radius 1 is 1.18 bits per heavy atom. The number of aromatic nitrogens is 2. The van der Waals surface area contributed by atoms with Gasteiger partial charge in [-0.1, -0.05) is 18.2 Å². The predicted molar refractivity (Wildman–Crippen MR) is 131 cm³/mol. The lowest BCUT2D eigenvalue weighted by Crippen LogP contribution is -2.32. The molecule has 0 radical (unpaired) electrons. The molecule has 9 heteroatoms. The second-order valence-electron chi connectivity index (χ2n) is 8.13. The van der Waals surface area contributed by atoms with Gasteiger partial charge >= 0.3 is 11.9 Å². The molecule has 1 aliphatic rings. The van der Waals surface area contributed by atoms with E-state index in [1.165, 1.54) is 7.11 Å². The summed E-state index contributed by atoms with van der Waals surface area (Å²) in [6, 6.07) is 14.2. The van der Waals surface area contributed by atoms with Crippen molar-refractivity contribution in [2.75, 3.05) is 13.7 Å². The average Bonchev–Trinajstić information content (AvgIpc) is 3.32. The van der Waals surface area contributed by atoms with E-state index in [1.54, 1.807) is 24.4 Å². The molecule has 1 fully saturated rings. The molecule has 3 aromatic rings. The van der Waals surface area contributed by atoms with Crippen LogP contribution in [0.1, 0.15) is 51.5 Å². The molecule has 2 N–H and O–H groups in total. The molecule has 0 unspecified atom stereocenters. The first-order chi connectivity index (χ1) is 16.3. The number of methoxy groups -OCH3 is 1. The number of carbonyl (C=O) groups excluding carboxylic acids is 1. The number of esters is 1. The summed E-state index contributed by atoms with van der Waals surface area (Å²) in [5, 5.41) is 13.6. The normalized spacial score (nSPS) is 17.5. The number of ether oxygens (including phenoxy) is 1. The molecule has 0 spiro atoms. The molecule has 1 aliphatic heterocycles. The average molecular weight is 479 g/mol. The monoisotopic (exact) mass is 478 g/mol. The Bertz CT molecular complexity index is 1240. The number of aryl methyl sites for hydroxylation is 1. The van der Waals surface area contributed by atoms with Crippen LogP contribution >= 0.6 is 12.2 Å². The maximum Gasteiger partial charge on any atom is 0.337 e. The van der Waals surface area contributed by atoms with Crippen LogP contribution in [0, 0.1) is 13.8 Å². The number of carboxylic acid groups (broad SMARTS) is 1. The molecule has 1 saturated heterocycles. The second kappa shape index (κ2) is 9.64. The van der Waals surface area contributed by atoms with E-state index < -0.39 is 5.97 Å². The van der Waals surface area contributed by atoms with Crippen LogP contribution in [-0.2, 0) is 9.53 Å². The number of thiocarbonyl (C=S) groups is 1. The van der Waals surface area contributed by atoms with Gasteiger partial charge in [0.25, 0.3) is 0 Å². The van der Waals surface area contributed by atoms with E-state index in [4.69, 9.17) is 17.0 Å². The first-order valence-electron chi connectivity index (χ1n) is 10.9. The van der Waals surface area contributed by atoms with Crippen molar-refractivity contribution in [3.63, 3.8) is 0 Å². The molecule has 1 aromatic carbocycles. The third-order valence-electron chi connectivity index (χ3n) is 6.15. The molecular formula is C25H26N4O4S. The van der Waals surface area contributed by atoms with Crippen LogP contribution in [0.15, 0.2) is 54.7 Å². The Kier molecular flexibility index (Phi) is 6.65. The summed E-state index contributed by atoms with van der Waals surface area (Å²) in [4.78, 5) is 30.3. The van der Waals surface area contributed by atoms with Gasteiger partial charge in [0, 0.05) is 24.1 Å². The number of hydrogen-bond acceptors (Lipinski definition) is 5. The summed E-state index contributed by atoms with van der Waals surface area (Å²) in [6.07, 6.45) is 1.92. The minimum absolute atomic E-state index is 0.185. The highest BCUT2D eigenvalue weighted by Gasteiger charge is 2.41. The summed E-state index contributed by atoms with van der Waals surface area (Å²) < 4.78 is 6.79. The van der Waals surface area contributed by atoms with E-state index in [1.807, 2.05) is 47.6 Å². The van der Waals surface area contributed by atoms with Crippen molar-refractivity contribution < 1.29 is 19.4 Å². The summed E-state index contributed by atoms with van der Waals surface area (Å²) in [5.74, 6) is -1.30. The summed E-state index contributed by atoms with van der Waals surface area (Å²) >= 11 is 5.66. The fourth-order valence-electron chi connectivity index (χ4n) is 4.61. The van der Waals surface area contributed by atoms with E-state index >= 15 is 0 Å². The largest absolute Gasteiger partial charge is 0.478 e. The van der Waals surface area contributed by atoms with Crippen LogP contribution in [0.2, 0.25) is 0 Å². The van der Waals surface area contributed by atoms with Crippen molar-refractivity contribution >= 4 is 29.3 Å².